The lowest BCUT2D eigenvalue weighted by atomic mass is 9.39. The SMILES string of the molecule is C[C@H](CCC(=O)O)[C@H]1CC[C@H]2[C@@H]3[C@@H](C4O[C@H](COCc5ccccc5)[C@@H](OCc5ccccc5)[C@H](OCc5ccccc5)[C@H]4OCc4ccccc4)C[C@@H]4C[C@@H](N)CC[C@]4(C)[C@H]3C[C@@H]([C@@H]3O[C@H](COCc4ccccc4)[C@@H](OCc4ccccc4)[C@H](OCc4ccccc4)[C@H]3OCc3ccccc3)[C@]12C. The Kier molecular flexibility index (Phi) is 25.4. The number of benzene rings is 8. The van der Waals surface area contributed by atoms with Gasteiger partial charge < -0.3 is 58.2 Å². The van der Waals surface area contributed by atoms with E-state index >= 15 is 0 Å². The van der Waals surface area contributed by atoms with E-state index in [1.807, 2.05) is 36.4 Å². The Morgan fingerprint density at radius 2 is 0.781 bits per heavy atom. The zero-order valence-electron chi connectivity index (χ0n) is 61.5. The van der Waals surface area contributed by atoms with E-state index in [0.29, 0.717) is 59.3 Å². The number of carboxylic acids is 1. The van der Waals surface area contributed by atoms with Crippen LogP contribution in [0, 0.1) is 58.2 Å². The van der Waals surface area contributed by atoms with Gasteiger partial charge in [0.1, 0.15) is 48.8 Å². The molecule has 6 aliphatic rings. The molecule has 14 rings (SSSR count). The van der Waals surface area contributed by atoms with Crippen molar-refractivity contribution in [2.24, 2.45) is 63.9 Å². The zero-order valence-corrected chi connectivity index (χ0v) is 61.5. The molecule has 4 aliphatic carbocycles. The van der Waals surface area contributed by atoms with E-state index < -0.39 is 72.4 Å². The van der Waals surface area contributed by atoms with Gasteiger partial charge in [-0.1, -0.05) is 263 Å². The third kappa shape index (κ3) is 17.8. The Morgan fingerprint density at radius 3 is 1.17 bits per heavy atom. The van der Waals surface area contributed by atoms with Crippen molar-refractivity contribution in [3.05, 3.63) is 287 Å². The molecule has 21 atom stereocenters. The molecule has 6 fully saturated rings. The van der Waals surface area contributed by atoms with Crippen molar-refractivity contribution in [1.29, 1.82) is 0 Å². The molecule has 0 bridgehead atoms. The molecule has 13 heteroatoms. The summed E-state index contributed by atoms with van der Waals surface area (Å²) in [4.78, 5) is 12.9. The molecule has 3 N–H and O–H groups in total. The first-order chi connectivity index (χ1) is 51.5. The molecule has 8 aromatic rings. The molecule has 0 amide bonds. The molecule has 2 aliphatic heterocycles. The summed E-state index contributed by atoms with van der Waals surface area (Å²) in [5.41, 5.74) is 15.2. The average molecular weight is 1420 g/mol. The summed E-state index contributed by atoms with van der Waals surface area (Å²) in [7, 11) is 0. The van der Waals surface area contributed by atoms with E-state index in [2.05, 4.69) is 227 Å². The lowest BCUT2D eigenvalue weighted by Gasteiger charge is -2.68. The minimum absolute atomic E-state index is 0.0366. The van der Waals surface area contributed by atoms with Gasteiger partial charge in [-0.25, -0.2) is 0 Å². The average Bonchev–Trinajstić information content (AvgIpc) is 1.68. The number of nitrogens with two attached hydrogens (primary N) is 1. The van der Waals surface area contributed by atoms with Crippen LogP contribution in [0.25, 0.3) is 0 Å². The smallest absolute Gasteiger partial charge is 0.303 e. The third-order valence-corrected chi connectivity index (χ3v) is 25.3. The van der Waals surface area contributed by atoms with Gasteiger partial charge in [0.15, 0.2) is 0 Å². The van der Waals surface area contributed by atoms with Crippen LogP contribution in [-0.4, -0.2) is 91.4 Å². The summed E-state index contributed by atoms with van der Waals surface area (Å²) in [5, 5.41) is 10.6. The summed E-state index contributed by atoms with van der Waals surface area (Å²) >= 11 is 0. The first-order valence-corrected chi connectivity index (χ1v) is 38.9. The highest BCUT2D eigenvalue weighted by Gasteiger charge is 2.70. The van der Waals surface area contributed by atoms with Crippen LogP contribution in [0.5, 0.6) is 0 Å². The minimum Gasteiger partial charge on any atom is -0.481 e. The van der Waals surface area contributed by atoms with Gasteiger partial charge in [0, 0.05) is 12.5 Å². The van der Waals surface area contributed by atoms with E-state index in [9.17, 15) is 9.90 Å². The molecule has 0 radical (unpaired) electrons. The van der Waals surface area contributed by atoms with E-state index in [1.165, 1.54) is 0 Å². The maximum atomic E-state index is 12.9. The van der Waals surface area contributed by atoms with Crippen molar-refractivity contribution in [1.82, 2.24) is 0 Å². The van der Waals surface area contributed by atoms with Crippen molar-refractivity contribution in [2.75, 3.05) is 13.2 Å². The highest BCUT2D eigenvalue weighted by Crippen LogP contribution is 2.73. The van der Waals surface area contributed by atoms with Gasteiger partial charge in [0.25, 0.3) is 0 Å². The monoisotopic (exact) mass is 1420 g/mol. The molecule has 554 valence electrons. The van der Waals surface area contributed by atoms with Gasteiger partial charge in [-0.2, -0.15) is 0 Å². The summed E-state index contributed by atoms with van der Waals surface area (Å²) in [6.45, 7) is 10.8. The van der Waals surface area contributed by atoms with Crippen LogP contribution >= 0.6 is 0 Å². The summed E-state index contributed by atoms with van der Waals surface area (Å²) in [6, 6.07) is 83.4. The second-order valence-corrected chi connectivity index (χ2v) is 31.6. The highest BCUT2D eigenvalue weighted by molar-refractivity contribution is 5.66. The van der Waals surface area contributed by atoms with E-state index in [1.54, 1.807) is 0 Å². The Morgan fingerprint density at radius 1 is 0.429 bits per heavy atom. The van der Waals surface area contributed by atoms with Gasteiger partial charge >= 0.3 is 5.97 Å². The largest absolute Gasteiger partial charge is 0.481 e. The predicted molar refractivity (Wildman–Crippen MR) is 407 cm³/mol. The van der Waals surface area contributed by atoms with Crippen LogP contribution in [0.3, 0.4) is 0 Å². The molecule has 8 aromatic carbocycles. The maximum Gasteiger partial charge on any atom is 0.303 e. The Labute approximate surface area is 622 Å². The standard InChI is InChI=1S/C92H109NO12/c1-63(44-47-81(94)95)75-45-46-76-82-74(83-87(100-57-68-36-20-8-21-37-68)89(102-59-70-40-24-10-25-41-70)85(98-55-66-32-16-6-17-33-66)79(104-83)61-96-53-64-28-12-4-13-29-64)51-72-50-73(93)48-49-91(72,2)77(82)52-78(92(75,76)3)84-88(101-58-69-38-22-9-23-39-69)90(103-60-71-42-26-11-27-43-71)86(99-56-67-34-18-7-19-35-67)80(105-84)62-97-54-65-30-14-5-15-31-65/h4-43,63,72-80,82-90H,44-62,93H2,1-3H3,(H,94,95)/t63-,72+,73+,74+,75-,76+,77+,78+,79-,80-,82+,83?,84+,85-,86-,87+,88+,89+,90+,91+,92-/m1/s1. The number of aliphatic carboxylic acids is 1. The molecule has 0 aromatic heterocycles. The molecule has 0 spiro atoms. The second kappa shape index (κ2) is 35.7. The fourth-order valence-electron chi connectivity index (χ4n) is 20.1. The first-order valence-electron chi connectivity index (χ1n) is 38.9. The van der Waals surface area contributed by atoms with Crippen molar-refractivity contribution < 1.29 is 57.3 Å². The number of fused-ring (bicyclic) bond motifs is 5. The molecule has 13 nitrogen and oxygen atoms in total. The van der Waals surface area contributed by atoms with E-state index in [4.69, 9.17) is 53.1 Å². The molecule has 2 heterocycles. The van der Waals surface area contributed by atoms with Crippen LogP contribution < -0.4 is 5.73 Å². The lowest BCUT2D eigenvalue weighted by Crippen LogP contribution is -2.70. The molecule has 1 unspecified atom stereocenters. The number of ether oxygens (including phenoxy) is 10. The van der Waals surface area contributed by atoms with Crippen LogP contribution in [0.15, 0.2) is 243 Å². The maximum absolute atomic E-state index is 12.9. The summed E-state index contributed by atoms with van der Waals surface area (Å²) < 4.78 is 75.6. The zero-order chi connectivity index (χ0) is 72.0. The number of carbonyl (C=O) groups is 1. The van der Waals surface area contributed by atoms with Gasteiger partial charge in [-0.3, -0.25) is 4.79 Å². The van der Waals surface area contributed by atoms with Gasteiger partial charge in [-0.05, 0) is 154 Å². The first kappa shape index (κ1) is 74.6. The van der Waals surface area contributed by atoms with Crippen LogP contribution in [-0.2, 0) is 105 Å². The normalized spacial score (nSPS) is 31.8. The third-order valence-electron chi connectivity index (χ3n) is 25.3. The topological polar surface area (TPSA) is 156 Å². The number of hydrogen-bond donors (Lipinski definition) is 2. The van der Waals surface area contributed by atoms with Crippen molar-refractivity contribution in [3.63, 3.8) is 0 Å². The number of hydrogen-bond acceptors (Lipinski definition) is 12. The minimum atomic E-state index is -0.778. The summed E-state index contributed by atoms with van der Waals surface area (Å²) in [5.74, 6) is -0.195. The number of rotatable bonds is 32. The molecular weight excluding hydrogens is 1310 g/mol. The molecule has 2 saturated heterocycles. The van der Waals surface area contributed by atoms with Gasteiger partial charge in [0.2, 0.25) is 0 Å². The molecule has 4 saturated carbocycles. The Balaban J connectivity index is 0.922. The van der Waals surface area contributed by atoms with Gasteiger partial charge in [0.05, 0.1) is 78.3 Å². The van der Waals surface area contributed by atoms with Crippen LogP contribution in [0.4, 0.5) is 0 Å². The fraction of sp³-hybridized carbons (Fsp3) is 0.467. The quantitative estimate of drug-likeness (QED) is 0.0411. The molecular formula is C92H109NO12. The van der Waals surface area contributed by atoms with Crippen molar-refractivity contribution in [3.8, 4) is 0 Å². The van der Waals surface area contributed by atoms with Crippen molar-refractivity contribution in [2.45, 2.75) is 198 Å². The van der Waals surface area contributed by atoms with Crippen molar-refractivity contribution >= 4 is 5.97 Å². The lowest BCUT2D eigenvalue weighted by molar-refractivity contribution is -0.312. The number of carboxylic acid groups (broad SMARTS) is 1. The van der Waals surface area contributed by atoms with E-state index in [0.717, 1.165) is 89.5 Å². The molecule has 105 heavy (non-hydrogen) atoms. The second-order valence-electron chi connectivity index (χ2n) is 31.6. The predicted octanol–water partition coefficient (Wildman–Crippen LogP) is 17.4. The fourth-order valence-corrected chi connectivity index (χ4v) is 20.1. The Bertz CT molecular complexity index is 3890. The van der Waals surface area contributed by atoms with Crippen LogP contribution in [0.2, 0.25) is 0 Å². The van der Waals surface area contributed by atoms with Crippen LogP contribution in [0.1, 0.15) is 123 Å². The summed E-state index contributed by atoms with van der Waals surface area (Å²) in [6.07, 6.45) is 1.09. The Hall–Kier alpha value is -7.21. The highest BCUT2D eigenvalue weighted by atomic mass is 16.6. The van der Waals surface area contributed by atoms with E-state index in [-0.39, 0.29) is 78.4 Å². The van der Waals surface area contributed by atoms with Gasteiger partial charge in [-0.15, -0.1) is 0 Å².